The Bertz CT molecular complexity index is 7100. The second-order valence-electron chi connectivity index (χ2n) is 26.7. The normalized spacial score (nSPS) is 11.9. The van der Waals surface area contributed by atoms with E-state index in [0.717, 1.165) is 0 Å². The topological polar surface area (TPSA) is 19.7 Å². The molecule has 6 heterocycles. The van der Waals surface area contributed by atoms with Crippen molar-refractivity contribution in [3.05, 3.63) is 364 Å². The minimum absolute atomic E-state index is 1.17. The number of para-hydroxylation sites is 6. The molecule has 0 amide bonds. The van der Waals surface area contributed by atoms with Gasteiger partial charge in [0.05, 0.1) is 44.1 Å². The van der Waals surface area contributed by atoms with E-state index < -0.39 is 0 Å². The van der Waals surface area contributed by atoms with Crippen molar-refractivity contribution in [2.24, 2.45) is 0 Å². The van der Waals surface area contributed by atoms with Gasteiger partial charge in [0.15, 0.2) is 0 Å². The molecule has 102 heavy (non-hydrogen) atoms. The van der Waals surface area contributed by atoms with Crippen molar-refractivity contribution in [2.75, 3.05) is 0 Å². The zero-order chi connectivity index (χ0) is 66.9. The Kier molecular flexibility index (Phi) is 13.3. The van der Waals surface area contributed by atoms with Crippen molar-refractivity contribution in [1.29, 1.82) is 0 Å². The Balaban J connectivity index is 0.000000133. The SMILES string of the molecule is c1ccc(-n2c3ccccc3c3cc(-c4ccc5c(c4)c4cc(-c6ccc7c(c6)sc6ccccc67)ccc4n5-c4ccccc4)ccc32)cc1.c1ccc(-n2c3ccccc3c3cc(-c4ccc5c(c4)c4cc(-c6ccc7sc8ccccc8c7c6)ccc4n5-c4ccccc4)ccc32)cc1. The number of nitrogens with zero attached hydrogens (tertiary/aromatic N) is 4. The van der Waals surface area contributed by atoms with E-state index in [0.29, 0.717) is 0 Å². The molecule has 0 aliphatic carbocycles. The molecule has 0 saturated carbocycles. The van der Waals surface area contributed by atoms with Crippen LogP contribution in [0, 0.1) is 0 Å². The van der Waals surface area contributed by atoms with Crippen molar-refractivity contribution in [3.8, 4) is 67.3 Å². The summed E-state index contributed by atoms with van der Waals surface area (Å²) >= 11 is 3.74. The van der Waals surface area contributed by atoms with Crippen molar-refractivity contribution in [3.63, 3.8) is 0 Å². The van der Waals surface area contributed by atoms with Crippen LogP contribution in [0.2, 0.25) is 0 Å². The minimum Gasteiger partial charge on any atom is -0.309 e. The Morgan fingerprint density at radius 1 is 0.137 bits per heavy atom. The van der Waals surface area contributed by atoms with E-state index in [1.54, 1.807) is 0 Å². The van der Waals surface area contributed by atoms with Gasteiger partial charge in [-0.3, -0.25) is 0 Å². The van der Waals surface area contributed by atoms with Crippen LogP contribution in [0.1, 0.15) is 0 Å². The van der Waals surface area contributed by atoms with E-state index in [-0.39, 0.29) is 0 Å². The van der Waals surface area contributed by atoms with Crippen LogP contribution in [0.5, 0.6) is 0 Å². The molecule has 0 fully saturated rings. The molecule has 476 valence electrons. The van der Waals surface area contributed by atoms with Gasteiger partial charge in [-0.1, -0.05) is 200 Å². The van der Waals surface area contributed by atoms with Gasteiger partial charge in [0.25, 0.3) is 0 Å². The molecule has 6 heteroatoms. The average Bonchev–Trinajstić information content (AvgIpc) is 1.59. The average molecular weight is 1330 g/mol. The van der Waals surface area contributed by atoms with Crippen LogP contribution in [0.15, 0.2) is 364 Å². The number of fused-ring (bicyclic) bond motifs is 18. The molecular weight excluding hydrogens is 1270 g/mol. The van der Waals surface area contributed by atoms with Gasteiger partial charge in [0.2, 0.25) is 0 Å². The van der Waals surface area contributed by atoms with E-state index in [1.165, 1.54) is 195 Å². The first-order valence-electron chi connectivity index (χ1n) is 34.9. The summed E-state index contributed by atoms with van der Waals surface area (Å²) in [6.07, 6.45) is 0. The summed E-state index contributed by atoms with van der Waals surface area (Å²) in [5.74, 6) is 0. The molecule has 16 aromatic carbocycles. The highest BCUT2D eigenvalue weighted by atomic mass is 32.1. The fourth-order valence-corrected chi connectivity index (χ4v) is 18.5. The zero-order valence-corrected chi connectivity index (χ0v) is 56.9. The molecule has 6 aromatic heterocycles. The maximum absolute atomic E-state index is 2.41. The number of thiophene rings is 2. The predicted molar refractivity (Wildman–Crippen MR) is 438 cm³/mol. The molecular formula is C96H60N4S2. The second kappa shape index (κ2) is 23.4. The third kappa shape index (κ3) is 9.34. The van der Waals surface area contributed by atoms with Crippen LogP contribution in [0.25, 0.3) is 195 Å². The van der Waals surface area contributed by atoms with Gasteiger partial charge in [-0.2, -0.15) is 0 Å². The molecule has 22 aromatic rings. The van der Waals surface area contributed by atoms with Crippen molar-refractivity contribution in [2.45, 2.75) is 0 Å². The van der Waals surface area contributed by atoms with Crippen molar-refractivity contribution < 1.29 is 0 Å². The molecule has 0 N–H and O–H groups in total. The van der Waals surface area contributed by atoms with E-state index in [9.17, 15) is 0 Å². The van der Waals surface area contributed by atoms with Crippen LogP contribution in [-0.4, -0.2) is 18.3 Å². The molecule has 0 radical (unpaired) electrons. The van der Waals surface area contributed by atoms with Gasteiger partial charge in [-0.15, -0.1) is 22.7 Å². The molecule has 0 atom stereocenters. The van der Waals surface area contributed by atoms with Gasteiger partial charge in [0.1, 0.15) is 0 Å². The van der Waals surface area contributed by atoms with Crippen molar-refractivity contribution >= 4 is 150 Å². The fraction of sp³-hybridized carbons (Fsp3) is 0. The lowest BCUT2D eigenvalue weighted by Gasteiger charge is -2.09. The van der Waals surface area contributed by atoms with Crippen LogP contribution < -0.4 is 0 Å². The summed E-state index contributed by atoms with van der Waals surface area (Å²) in [5, 5.41) is 15.4. The molecule has 0 aliphatic rings. The summed E-state index contributed by atoms with van der Waals surface area (Å²) in [4.78, 5) is 0. The number of benzene rings is 16. The highest BCUT2D eigenvalue weighted by Gasteiger charge is 2.21. The summed E-state index contributed by atoms with van der Waals surface area (Å²) in [5.41, 5.74) is 24.2. The van der Waals surface area contributed by atoms with Crippen LogP contribution in [-0.2, 0) is 0 Å². The molecule has 0 bridgehead atoms. The maximum atomic E-state index is 2.41. The van der Waals surface area contributed by atoms with Crippen LogP contribution in [0.4, 0.5) is 0 Å². The number of rotatable bonds is 8. The first-order chi connectivity index (χ1) is 50.6. The molecule has 22 rings (SSSR count). The minimum atomic E-state index is 1.17. The zero-order valence-electron chi connectivity index (χ0n) is 55.2. The van der Waals surface area contributed by atoms with E-state index >= 15 is 0 Å². The standard InChI is InChI=1S/2C48H30N2S/c1-3-11-35(12-4-1)49-43-17-9-7-15-37(43)40-27-31(20-24-44(40)49)32-21-25-45-41(28-32)42-29-33(22-26-46(42)50(45)36-13-5-2-6-14-36)34-19-23-39-38-16-8-10-18-47(38)51-48(39)30-34;1-3-11-35(12-4-1)49-43-17-9-7-15-37(43)39-27-31(19-23-44(39)49)32-20-24-45-40(28-32)41-29-33(21-25-46(41)50(45)36-13-5-2-6-14-36)34-22-26-48-42(30-34)38-16-8-10-18-47(38)51-48/h2*1-30H. The molecule has 0 aliphatic heterocycles. The summed E-state index contributed by atoms with van der Waals surface area (Å²) in [7, 11) is 0. The lowest BCUT2D eigenvalue weighted by Crippen LogP contribution is -1.93. The first kappa shape index (κ1) is 58.2. The van der Waals surface area contributed by atoms with Crippen LogP contribution in [0.3, 0.4) is 0 Å². The van der Waals surface area contributed by atoms with Crippen molar-refractivity contribution in [1.82, 2.24) is 18.3 Å². The fourth-order valence-electron chi connectivity index (χ4n) is 16.3. The monoisotopic (exact) mass is 1330 g/mol. The highest BCUT2D eigenvalue weighted by molar-refractivity contribution is 7.26. The van der Waals surface area contributed by atoms with Gasteiger partial charge in [0, 0.05) is 106 Å². The Labute approximate surface area is 595 Å². The third-order valence-electron chi connectivity index (χ3n) is 21.0. The quantitative estimate of drug-likeness (QED) is 0.144. The van der Waals surface area contributed by atoms with Gasteiger partial charge < -0.3 is 18.3 Å². The smallest absolute Gasteiger partial charge is 0.0541 e. The third-order valence-corrected chi connectivity index (χ3v) is 23.3. The largest absolute Gasteiger partial charge is 0.309 e. The molecule has 0 unspecified atom stereocenters. The first-order valence-corrected chi connectivity index (χ1v) is 36.5. The second-order valence-corrected chi connectivity index (χ2v) is 28.9. The lowest BCUT2D eigenvalue weighted by molar-refractivity contribution is 1.18. The number of aromatic nitrogens is 4. The molecule has 4 nitrogen and oxygen atoms in total. The van der Waals surface area contributed by atoms with E-state index in [4.69, 9.17) is 0 Å². The summed E-state index contributed by atoms with van der Waals surface area (Å²) in [6.45, 7) is 0. The van der Waals surface area contributed by atoms with Gasteiger partial charge >= 0.3 is 0 Å². The molecule has 0 saturated heterocycles. The Hall–Kier alpha value is -12.8. The van der Waals surface area contributed by atoms with Crippen LogP contribution >= 0.6 is 22.7 Å². The summed E-state index contributed by atoms with van der Waals surface area (Å²) in [6, 6.07) is 133. The Morgan fingerprint density at radius 2 is 0.363 bits per heavy atom. The van der Waals surface area contributed by atoms with E-state index in [2.05, 4.69) is 382 Å². The lowest BCUT2D eigenvalue weighted by atomic mass is 9.98. The van der Waals surface area contributed by atoms with Gasteiger partial charge in [-0.25, -0.2) is 0 Å². The summed E-state index contributed by atoms with van der Waals surface area (Å²) < 4.78 is 14.9. The number of hydrogen-bond donors (Lipinski definition) is 0. The highest BCUT2D eigenvalue weighted by Crippen LogP contribution is 2.45. The van der Waals surface area contributed by atoms with E-state index in [1.807, 2.05) is 22.7 Å². The maximum Gasteiger partial charge on any atom is 0.0541 e. The molecule has 0 spiro atoms. The van der Waals surface area contributed by atoms with Gasteiger partial charge in [-0.05, 0) is 208 Å². The predicted octanol–water partition coefficient (Wildman–Crippen LogP) is 27.2. The number of hydrogen-bond acceptors (Lipinski definition) is 2. The Morgan fingerprint density at radius 3 is 0.725 bits per heavy atom.